The summed E-state index contributed by atoms with van der Waals surface area (Å²) in [5.41, 5.74) is 1.00. The van der Waals surface area contributed by atoms with E-state index in [4.69, 9.17) is 0 Å². The molecule has 2 bridgehead atoms. The van der Waals surface area contributed by atoms with Crippen LogP contribution in [0.2, 0.25) is 0 Å². The van der Waals surface area contributed by atoms with Crippen molar-refractivity contribution >= 4 is 5.71 Å². The average Bonchev–Trinajstić information content (AvgIpc) is 2.98. The van der Waals surface area contributed by atoms with Crippen LogP contribution in [0.1, 0.15) is 38.5 Å². The molecule has 2 aliphatic carbocycles. The minimum absolute atomic E-state index is 0.243. The Bertz CT molecular complexity index is 319. The van der Waals surface area contributed by atoms with Crippen molar-refractivity contribution in [2.45, 2.75) is 50.6 Å². The van der Waals surface area contributed by atoms with Gasteiger partial charge in [-0.2, -0.15) is 0 Å². The lowest BCUT2D eigenvalue weighted by Crippen LogP contribution is -2.53. The first-order chi connectivity index (χ1) is 8.35. The number of hydrogen-bond acceptors (Lipinski definition) is 4. The van der Waals surface area contributed by atoms with Crippen molar-refractivity contribution in [3.8, 4) is 0 Å². The predicted octanol–water partition coefficient (Wildman–Crippen LogP) is 1.46. The Labute approximate surface area is 102 Å². The van der Waals surface area contributed by atoms with E-state index in [2.05, 4.69) is 10.1 Å². The normalized spacial score (nSPS) is 44.6. The average molecular weight is 238 g/mol. The zero-order valence-corrected chi connectivity index (χ0v) is 10.3. The standard InChI is InChI=1S/C13H22N2O2/c16-8-11-3-1-2-6-15(11)13-10-5-4-9(7-10)12(13)14-17/h9-11,13,16-17H,1-8H2/b14-12-/t9-,10-,11+,13-/m0/s1. The van der Waals surface area contributed by atoms with E-state index in [1.807, 2.05) is 0 Å². The van der Waals surface area contributed by atoms with Crippen LogP contribution in [0, 0.1) is 11.8 Å². The number of aliphatic hydroxyl groups excluding tert-OH is 1. The zero-order valence-electron chi connectivity index (χ0n) is 10.3. The summed E-state index contributed by atoms with van der Waals surface area (Å²) in [4.78, 5) is 2.42. The van der Waals surface area contributed by atoms with Crippen LogP contribution in [0.25, 0.3) is 0 Å². The number of nitrogens with zero attached hydrogens (tertiary/aromatic N) is 2. The Morgan fingerprint density at radius 1 is 1.24 bits per heavy atom. The van der Waals surface area contributed by atoms with Gasteiger partial charge in [0.15, 0.2) is 0 Å². The molecule has 17 heavy (non-hydrogen) atoms. The van der Waals surface area contributed by atoms with E-state index in [0.29, 0.717) is 17.9 Å². The summed E-state index contributed by atoms with van der Waals surface area (Å²) >= 11 is 0. The van der Waals surface area contributed by atoms with Gasteiger partial charge in [0, 0.05) is 12.0 Å². The molecule has 0 aromatic carbocycles. The minimum Gasteiger partial charge on any atom is -0.411 e. The van der Waals surface area contributed by atoms with Gasteiger partial charge >= 0.3 is 0 Å². The molecule has 4 nitrogen and oxygen atoms in total. The van der Waals surface area contributed by atoms with Gasteiger partial charge in [-0.1, -0.05) is 11.6 Å². The van der Waals surface area contributed by atoms with Gasteiger partial charge in [-0.25, -0.2) is 0 Å². The Hall–Kier alpha value is -0.610. The fourth-order valence-electron chi connectivity index (χ4n) is 4.22. The summed E-state index contributed by atoms with van der Waals surface area (Å²) in [5, 5.41) is 22.3. The van der Waals surface area contributed by atoms with Crippen LogP contribution in [-0.4, -0.2) is 46.2 Å². The first kappa shape index (κ1) is 11.5. The molecule has 4 heteroatoms. The summed E-state index contributed by atoms with van der Waals surface area (Å²) in [6.07, 6.45) is 7.17. The van der Waals surface area contributed by atoms with E-state index in [0.717, 1.165) is 18.7 Å². The Balaban J connectivity index is 1.82. The topological polar surface area (TPSA) is 56.1 Å². The number of fused-ring (bicyclic) bond motifs is 2. The lowest BCUT2D eigenvalue weighted by atomic mass is 9.89. The highest BCUT2D eigenvalue weighted by Crippen LogP contribution is 2.46. The number of aliphatic hydroxyl groups is 1. The van der Waals surface area contributed by atoms with E-state index in [9.17, 15) is 10.3 Å². The maximum atomic E-state index is 9.51. The molecule has 0 amide bonds. The second-order valence-corrected chi connectivity index (χ2v) is 5.81. The molecule has 2 N–H and O–H groups in total. The fourth-order valence-corrected chi connectivity index (χ4v) is 4.22. The molecule has 4 atom stereocenters. The van der Waals surface area contributed by atoms with Crippen LogP contribution in [0.4, 0.5) is 0 Å². The Kier molecular flexibility index (Phi) is 3.09. The molecule has 0 spiro atoms. The summed E-state index contributed by atoms with van der Waals surface area (Å²) in [6, 6.07) is 0.598. The van der Waals surface area contributed by atoms with Crippen molar-refractivity contribution in [2.75, 3.05) is 13.2 Å². The smallest absolute Gasteiger partial charge is 0.0775 e. The SMILES string of the molecule is OC[C@H]1CCCCN1[C@@H]1/C(=N\O)[C@H]2CC[C@H]1C2. The van der Waals surface area contributed by atoms with Gasteiger partial charge in [0.25, 0.3) is 0 Å². The number of oxime groups is 1. The van der Waals surface area contributed by atoms with Crippen molar-refractivity contribution < 1.29 is 10.3 Å². The second kappa shape index (κ2) is 4.58. The second-order valence-electron chi connectivity index (χ2n) is 5.81. The number of piperidine rings is 1. The molecule has 3 rings (SSSR count). The lowest BCUT2D eigenvalue weighted by molar-refractivity contribution is 0.0573. The molecule has 1 saturated heterocycles. The van der Waals surface area contributed by atoms with Gasteiger partial charge in [0.05, 0.1) is 18.4 Å². The van der Waals surface area contributed by atoms with E-state index >= 15 is 0 Å². The minimum atomic E-state index is 0.243. The van der Waals surface area contributed by atoms with Crippen LogP contribution in [0.3, 0.4) is 0 Å². The quantitative estimate of drug-likeness (QED) is 0.565. The Morgan fingerprint density at radius 3 is 2.88 bits per heavy atom. The highest BCUT2D eigenvalue weighted by Gasteiger charge is 2.49. The first-order valence-corrected chi connectivity index (χ1v) is 6.93. The van der Waals surface area contributed by atoms with E-state index in [1.165, 1.54) is 32.1 Å². The van der Waals surface area contributed by atoms with Crippen LogP contribution < -0.4 is 0 Å². The molecule has 0 aromatic heterocycles. The lowest BCUT2D eigenvalue weighted by Gasteiger charge is -2.42. The zero-order chi connectivity index (χ0) is 11.8. The summed E-state index contributed by atoms with van der Waals surface area (Å²) < 4.78 is 0. The van der Waals surface area contributed by atoms with Gasteiger partial charge in [-0.3, -0.25) is 4.90 Å². The van der Waals surface area contributed by atoms with Crippen molar-refractivity contribution in [3.63, 3.8) is 0 Å². The molecule has 3 aliphatic rings. The maximum Gasteiger partial charge on any atom is 0.0775 e. The largest absolute Gasteiger partial charge is 0.411 e. The highest BCUT2D eigenvalue weighted by atomic mass is 16.4. The highest BCUT2D eigenvalue weighted by molar-refractivity contribution is 5.94. The molecule has 0 unspecified atom stereocenters. The van der Waals surface area contributed by atoms with Gasteiger partial charge in [-0.15, -0.1) is 0 Å². The van der Waals surface area contributed by atoms with Crippen molar-refractivity contribution in [1.82, 2.24) is 4.90 Å². The molecule has 3 fully saturated rings. The number of likely N-dealkylation sites (tertiary alicyclic amines) is 1. The van der Waals surface area contributed by atoms with Gasteiger partial charge in [0.2, 0.25) is 0 Å². The predicted molar refractivity (Wildman–Crippen MR) is 65.3 cm³/mol. The van der Waals surface area contributed by atoms with Crippen molar-refractivity contribution in [2.24, 2.45) is 17.0 Å². The number of hydrogen-bond donors (Lipinski definition) is 2. The first-order valence-electron chi connectivity index (χ1n) is 6.93. The maximum absolute atomic E-state index is 9.51. The molecular weight excluding hydrogens is 216 g/mol. The van der Waals surface area contributed by atoms with Crippen LogP contribution in [-0.2, 0) is 0 Å². The Morgan fingerprint density at radius 2 is 2.12 bits per heavy atom. The summed E-state index contributed by atoms with van der Waals surface area (Å²) in [6.45, 7) is 1.30. The molecule has 2 saturated carbocycles. The molecule has 1 heterocycles. The van der Waals surface area contributed by atoms with Crippen LogP contribution in [0.5, 0.6) is 0 Å². The monoisotopic (exact) mass is 238 g/mol. The van der Waals surface area contributed by atoms with Crippen LogP contribution >= 0.6 is 0 Å². The van der Waals surface area contributed by atoms with Gasteiger partial charge in [-0.05, 0) is 44.6 Å². The molecule has 1 aliphatic heterocycles. The summed E-state index contributed by atoms with van der Waals surface area (Å²) in [7, 11) is 0. The molecule has 96 valence electrons. The summed E-state index contributed by atoms with van der Waals surface area (Å²) in [5.74, 6) is 1.18. The molecule has 0 aromatic rings. The fraction of sp³-hybridized carbons (Fsp3) is 0.923. The third kappa shape index (κ3) is 1.78. The third-order valence-corrected chi connectivity index (χ3v) is 5.00. The van der Waals surface area contributed by atoms with E-state index in [-0.39, 0.29) is 12.6 Å². The molecule has 0 radical (unpaired) electrons. The van der Waals surface area contributed by atoms with Gasteiger partial charge < -0.3 is 10.3 Å². The van der Waals surface area contributed by atoms with Crippen molar-refractivity contribution in [1.29, 1.82) is 0 Å². The van der Waals surface area contributed by atoms with Gasteiger partial charge in [0.1, 0.15) is 0 Å². The van der Waals surface area contributed by atoms with E-state index in [1.54, 1.807) is 0 Å². The van der Waals surface area contributed by atoms with Crippen molar-refractivity contribution in [3.05, 3.63) is 0 Å². The van der Waals surface area contributed by atoms with E-state index < -0.39 is 0 Å². The third-order valence-electron chi connectivity index (χ3n) is 5.00. The molecular formula is C13H22N2O2. The van der Waals surface area contributed by atoms with Crippen LogP contribution in [0.15, 0.2) is 5.16 Å². The number of rotatable bonds is 2.